The molecule has 2 aromatic heterocycles. The van der Waals surface area contributed by atoms with Crippen LogP contribution in [0.25, 0.3) is 22.1 Å². The van der Waals surface area contributed by atoms with Gasteiger partial charge in [-0.1, -0.05) is 12.1 Å². The van der Waals surface area contributed by atoms with E-state index in [0.717, 1.165) is 0 Å². The van der Waals surface area contributed by atoms with Gasteiger partial charge in [-0.05, 0) is 28.1 Å². The first-order valence-corrected chi connectivity index (χ1v) is 5.73. The molecule has 84 valence electrons. The number of nitrogens with two attached hydrogens (primary N) is 1. The average molecular weight is 291 g/mol. The molecule has 0 aliphatic heterocycles. The molecule has 0 amide bonds. The quantitative estimate of drug-likeness (QED) is 0.646. The van der Waals surface area contributed by atoms with E-state index in [9.17, 15) is 4.79 Å². The van der Waals surface area contributed by atoms with Crippen molar-refractivity contribution < 1.29 is 4.42 Å². The highest BCUT2D eigenvalue weighted by molar-refractivity contribution is 9.10. The zero-order valence-electron chi connectivity index (χ0n) is 8.61. The summed E-state index contributed by atoms with van der Waals surface area (Å²) < 4.78 is 6.23. The molecule has 17 heavy (non-hydrogen) atoms. The Morgan fingerprint density at radius 1 is 1.24 bits per heavy atom. The summed E-state index contributed by atoms with van der Waals surface area (Å²) in [4.78, 5) is 16.2. The van der Waals surface area contributed by atoms with Crippen molar-refractivity contribution in [3.05, 3.63) is 45.0 Å². The Morgan fingerprint density at radius 3 is 2.82 bits per heavy atom. The smallest absolute Gasteiger partial charge is 0.219 e. The largest absolute Gasteiger partial charge is 0.454 e. The highest BCUT2D eigenvalue weighted by Crippen LogP contribution is 2.24. The van der Waals surface area contributed by atoms with Crippen molar-refractivity contribution in [2.24, 2.45) is 0 Å². The van der Waals surface area contributed by atoms with E-state index in [4.69, 9.17) is 10.2 Å². The third-order valence-electron chi connectivity index (χ3n) is 2.53. The molecular weight excluding hydrogens is 284 g/mol. The minimum Gasteiger partial charge on any atom is -0.454 e. The maximum atomic E-state index is 12.2. The van der Waals surface area contributed by atoms with Gasteiger partial charge in [0.25, 0.3) is 0 Å². The third kappa shape index (κ3) is 1.51. The number of pyridine rings is 1. The van der Waals surface area contributed by atoms with Crippen LogP contribution in [0.5, 0.6) is 0 Å². The number of rotatable bonds is 0. The molecule has 4 nitrogen and oxygen atoms in total. The number of hydrogen-bond acceptors (Lipinski definition) is 4. The van der Waals surface area contributed by atoms with Crippen LogP contribution in [0.4, 0.5) is 5.82 Å². The van der Waals surface area contributed by atoms with Gasteiger partial charge in [-0.25, -0.2) is 4.98 Å². The van der Waals surface area contributed by atoms with E-state index >= 15 is 0 Å². The number of aromatic nitrogens is 1. The fourth-order valence-electron chi connectivity index (χ4n) is 1.72. The fraction of sp³-hybridized carbons (Fsp3) is 0. The topological polar surface area (TPSA) is 69.1 Å². The molecule has 0 unspecified atom stereocenters. The normalized spacial score (nSPS) is 11.1. The van der Waals surface area contributed by atoms with E-state index in [-0.39, 0.29) is 16.8 Å². The first-order chi connectivity index (χ1) is 8.16. The predicted octanol–water partition coefficient (Wildman–Crippen LogP) is 2.69. The number of nitrogens with zero attached hydrogens (tertiary/aromatic N) is 1. The summed E-state index contributed by atoms with van der Waals surface area (Å²) in [5.74, 6) is 0.278. The van der Waals surface area contributed by atoms with Gasteiger partial charge in [0.05, 0.1) is 9.86 Å². The Labute approximate surface area is 104 Å². The van der Waals surface area contributed by atoms with E-state index < -0.39 is 0 Å². The second-order valence-corrected chi connectivity index (χ2v) is 4.48. The Hall–Kier alpha value is -1.88. The molecule has 0 saturated carbocycles. The minimum atomic E-state index is -0.166. The Morgan fingerprint density at radius 2 is 2.00 bits per heavy atom. The summed E-state index contributed by atoms with van der Waals surface area (Å²) in [5, 5.41) is 0.509. The van der Waals surface area contributed by atoms with Crippen LogP contribution in [0.1, 0.15) is 0 Å². The molecule has 1 aromatic carbocycles. The van der Waals surface area contributed by atoms with Crippen molar-refractivity contribution in [1.82, 2.24) is 4.98 Å². The molecule has 0 fully saturated rings. The number of nitrogen functional groups attached to an aromatic ring is 1. The van der Waals surface area contributed by atoms with Crippen LogP contribution in [-0.2, 0) is 0 Å². The van der Waals surface area contributed by atoms with Crippen molar-refractivity contribution in [3.63, 3.8) is 0 Å². The van der Waals surface area contributed by atoms with Gasteiger partial charge in [-0.3, -0.25) is 4.79 Å². The number of benzene rings is 1. The fourth-order valence-corrected chi connectivity index (χ4v) is 2.01. The molecule has 0 spiro atoms. The lowest BCUT2D eigenvalue weighted by Crippen LogP contribution is -2.05. The molecule has 2 heterocycles. The van der Waals surface area contributed by atoms with Gasteiger partial charge in [0.15, 0.2) is 11.1 Å². The van der Waals surface area contributed by atoms with Crippen molar-refractivity contribution in [2.45, 2.75) is 0 Å². The Bertz CT molecular complexity index is 795. The van der Waals surface area contributed by atoms with Gasteiger partial charge in [0.1, 0.15) is 11.4 Å². The van der Waals surface area contributed by atoms with Crippen LogP contribution >= 0.6 is 15.9 Å². The second kappa shape index (κ2) is 3.56. The van der Waals surface area contributed by atoms with E-state index in [0.29, 0.717) is 21.0 Å². The molecule has 3 aromatic rings. The Balaban J connectivity index is 2.60. The van der Waals surface area contributed by atoms with Crippen LogP contribution in [0, 0.1) is 0 Å². The monoisotopic (exact) mass is 290 g/mol. The summed E-state index contributed by atoms with van der Waals surface area (Å²) >= 11 is 3.26. The molecular formula is C12H7BrN2O2. The summed E-state index contributed by atoms with van der Waals surface area (Å²) in [7, 11) is 0. The summed E-state index contributed by atoms with van der Waals surface area (Å²) in [5.41, 5.74) is 6.72. The maximum Gasteiger partial charge on any atom is 0.219 e. The lowest BCUT2D eigenvalue weighted by atomic mass is 10.2. The number of para-hydroxylation sites is 1. The molecule has 5 heteroatoms. The number of fused-ring (bicyclic) bond motifs is 2. The van der Waals surface area contributed by atoms with Crippen LogP contribution in [0.2, 0.25) is 0 Å². The van der Waals surface area contributed by atoms with Crippen molar-refractivity contribution in [1.29, 1.82) is 0 Å². The van der Waals surface area contributed by atoms with E-state index in [1.807, 2.05) is 6.07 Å². The van der Waals surface area contributed by atoms with Gasteiger partial charge in [-0.15, -0.1) is 0 Å². The van der Waals surface area contributed by atoms with Gasteiger partial charge in [-0.2, -0.15) is 0 Å². The van der Waals surface area contributed by atoms with Crippen molar-refractivity contribution in [2.75, 3.05) is 5.73 Å². The molecule has 0 radical (unpaired) electrons. The summed E-state index contributed by atoms with van der Waals surface area (Å²) in [6.07, 6.45) is 0. The molecule has 0 aliphatic carbocycles. The zero-order chi connectivity index (χ0) is 12.0. The highest BCUT2D eigenvalue weighted by atomic mass is 79.9. The second-order valence-electron chi connectivity index (χ2n) is 3.63. The van der Waals surface area contributed by atoms with Crippen molar-refractivity contribution in [3.8, 4) is 0 Å². The van der Waals surface area contributed by atoms with Gasteiger partial charge < -0.3 is 10.2 Å². The van der Waals surface area contributed by atoms with Gasteiger partial charge in [0.2, 0.25) is 5.43 Å². The Kier molecular flexibility index (Phi) is 2.16. The SMILES string of the molecule is Nc1nc2c(=O)c3ccccc3oc2cc1Br. The molecule has 0 saturated heterocycles. The van der Waals surface area contributed by atoms with E-state index in [1.54, 1.807) is 24.3 Å². The highest BCUT2D eigenvalue weighted by Gasteiger charge is 2.10. The predicted molar refractivity (Wildman–Crippen MR) is 69.9 cm³/mol. The maximum absolute atomic E-state index is 12.2. The first kappa shape index (κ1) is 10.3. The van der Waals surface area contributed by atoms with Gasteiger partial charge in [0, 0.05) is 6.07 Å². The number of anilines is 1. The van der Waals surface area contributed by atoms with Crippen LogP contribution < -0.4 is 11.2 Å². The molecule has 0 aliphatic rings. The van der Waals surface area contributed by atoms with Crippen LogP contribution in [-0.4, -0.2) is 4.98 Å². The molecule has 2 N–H and O–H groups in total. The van der Waals surface area contributed by atoms with E-state index in [2.05, 4.69) is 20.9 Å². The third-order valence-corrected chi connectivity index (χ3v) is 3.17. The zero-order valence-corrected chi connectivity index (χ0v) is 10.2. The minimum absolute atomic E-state index is 0.166. The number of hydrogen-bond donors (Lipinski definition) is 1. The first-order valence-electron chi connectivity index (χ1n) is 4.94. The lowest BCUT2D eigenvalue weighted by Gasteiger charge is -2.02. The molecule has 0 atom stereocenters. The lowest BCUT2D eigenvalue weighted by molar-refractivity contribution is 0.658. The summed E-state index contributed by atoms with van der Waals surface area (Å²) in [6, 6.07) is 8.72. The van der Waals surface area contributed by atoms with Crippen molar-refractivity contribution >= 4 is 43.8 Å². The standard InChI is InChI=1S/C12H7BrN2O2/c13-7-5-9-10(15-12(7)14)11(16)6-3-1-2-4-8(6)17-9/h1-5H,(H2,14,15). The number of halogens is 1. The molecule has 3 rings (SSSR count). The van der Waals surface area contributed by atoms with E-state index in [1.165, 1.54) is 0 Å². The average Bonchev–Trinajstić information content (AvgIpc) is 2.32. The van der Waals surface area contributed by atoms with Crippen LogP contribution in [0.15, 0.2) is 44.0 Å². The van der Waals surface area contributed by atoms with Crippen LogP contribution in [0.3, 0.4) is 0 Å². The van der Waals surface area contributed by atoms with Gasteiger partial charge >= 0.3 is 0 Å². The molecule has 0 bridgehead atoms. The summed E-state index contributed by atoms with van der Waals surface area (Å²) in [6.45, 7) is 0.